The number of halogens is 2. The van der Waals surface area contributed by atoms with Crippen molar-refractivity contribution in [3.63, 3.8) is 0 Å². The summed E-state index contributed by atoms with van der Waals surface area (Å²) >= 11 is 0. The van der Waals surface area contributed by atoms with Crippen molar-refractivity contribution in [3.8, 4) is 0 Å². The summed E-state index contributed by atoms with van der Waals surface area (Å²) in [5.74, 6) is -3.01. The standard InChI is InChI=1S/C10H8F2N4O2/c1-4-15-16-10(18-4)14-9(17)7-5(11)2-3-6(13)8(7)12/h2-3H,13H2,1H3,(H,14,16,17). The molecular formula is C10H8F2N4O2. The van der Waals surface area contributed by atoms with E-state index in [0.29, 0.717) is 0 Å². The maximum Gasteiger partial charge on any atom is 0.322 e. The zero-order chi connectivity index (χ0) is 13.3. The molecule has 0 spiro atoms. The van der Waals surface area contributed by atoms with Crippen molar-refractivity contribution in [3.05, 3.63) is 35.2 Å². The van der Waals surface area contributed by atoms with E-state index < -0.39 is 23.1 Å². The zero-order valence-electron chi connectivity index (χ0n) is 9.20. The Kier molecular flexibility index (Phi) is 2.92. The highest BCUT2D eigenvalue weighted by molar-refractivity contribution is 6.04. The van der Waals surface area contributed by atoms with E-state index in [9.17, 15) is 13.6 Å². The van der Waals surface area contributed by atoms with Crippen LogP contribution in [0.15, 0.2) is 16.5 Å². The second-order valence-corrected chi connectivity index (χ2v) is 3.41. The maximum atomic E-state index is 13.5. The molecule has 1 heterocycles. The first kappa shape index (κ1) is 12.0. The third kappa shape index (κ3) is 2.12. The summed E-state index contributed by atoms with van der Waals surface area (Å²) in [4.78, 5) is 11.6. The predicted octanol–water partition coefficient (Wildman–Crippen LogP) is 1.49. The molecule has 0 aliphatic heterocycles. The Bertz CT molecular complexity index is 612. The van der Waals surface area contributed by atoms with Crippen LogP contribution in [0.3, 0.4) is 0 Å². The molecule has 6 nitrogen and oxygen atoms in total. The lowest BCUT2D eigenvalue weighted by atomic mass is 10.1. The highest BCUT2D eigenvalue weighted by Gasteiger charge is 2.21. The molecule has 0 bridgehead atoms. The van der Waals surface area contributed by atoms with Gasteiger partial charge in [0.05, 0.1) is 5.69 Å². The number of nitrogen functional groups attached to an aromatic ring is 1. The molecule has 0 aliphatic carbocycles. The quantitative estimate of drug-likeness (QED) is 0.792. The fraction of sp³-hybridized carbons (Fsp3) is 0.100. The third-order valence-electron chi connectivity index (χ3n) is 2.09. The molecule has 18 heavy (non-hydrogen) atoms. The summed E-state index contributed by atoms with van der Waals surface area (Å²) in [5.41, 5.74) is 4.12. The molecule has 8 heteroatoms. The van der Waals surface area contributed by atoms with E-state index in [-0.39, 0.29) is 17.6 Å². The molecule has 1 aromatic carbocycles. The summed E-state index contributed by atoms with van der Waals surface area (Å²) in [7, 11) is 0. The largest absolute Gasteiger partial charge is 0.408 e. The number of carbonyl (C=O) groups is 1. The fourth-order valence-electron chi connectivity index (χ4n) is 1.28. The van der Waals surface area contributed by atoms with Crippen LogP contribution in [0.2, 0.25) is 0 Å². The number of carbonyl (C=O) groups excluding carboxylic acids is 1. The first-order valence-electron chi connectivity index (χ1n) is 4.84. The van der Waals surface area contributed by atoms with Crippen LogP contribution in [0.5, 0.6) is 0 Å². The zero-order valence-corrected chi connectivity index (χ0v) is 9.20. The van der Waals surface area contributed by atoms with E-state index in [4.69, 9.17) is 10.2 Å². The van der Waals surface area contributed by atoms with E-state index in [1.165, 1.54) is 6.92 Å². The lowest BCUT2D eigenvalue weighted by molar-refractivity contribution is 0.101. The number of nitrogens with zero attached hydrogens (tertiary/aromatic N) is 2. The summed E-state index contributed by atoms with van der Waals surface area (Å²) in [6, 6.07) is 1.67. The Morgan fingerprint density at radius 3 is 2.72 bits per heavy atom. The maximum absolute atomic E-state index is 13.5. The topological polar surface area (TPSA) is 94.0 Å². The number of nitrogens with two attached hydrogens (primary N) is 1. The van der Waals surface area contributed by atoms with E-state index in [0.717, 1.165) is 12.1 Å². The number of amides is 1. The number of anilines is 2. The van der Waals surface area contributed by atoms with Crippen molar-refractivity contribution >= 4 is 17.6 Å². The third-order valence-corrected chi connectivity index (χ3v) is 2.09. The minimum absolute atomic E-state index is 0.207. The van der Waals surface area contributed by atoms with Crippen LogP contribution < -0.4 is 11.1 Å². The van der Waals surface area contributed by atoms with Gasteiger partial charge in [0.25, 0.3) is 5.91 Å². The Balaban J connectivity index is 2.32. The van der Waals surface area contributed by atoms with Crippen LogP contribution in [0, 0.1) is 18.6 Å². The Morgan fingerprint density at radius 1 is 1.39 bits per heavy atom. The highest BCUT2D eigenvalue weighted by atomic mass is 19.1. The molecule has 0 saturated heterocycles. The van der Waals surface area contributed by atoms with Gasteiger partial charge in [-0.2, -0.15) is 0 Å². The SMILES string of the molecule is Cc1nnc(NC(=O)c2c(F)ccc(N)c2F)o1. The van der Waals surface area contributed by atoms with Gasteiger partial charge in [-0.05, 0) is 12.1 Å². The predicted molar refractivity (Wildman–Crippen MR) is 57.8 cm³/mol. The average Bonchev–Trinajstić information content (AvgIpc) is 2.70. The molecule has 3 N–H and O–H groups in total. The molecule has 2 rings (SSSR count). The van der Waals surface area contributed by atoms with Gasteiger partial charge >= 0.3 is 6.01 Å². The monoisotopic (exact) mass is 254 g/mol. The van der Waals surface area contributed by atoms with Crippen LogP contribution in [0.25, 0.3) is 0 Å². The van der Waals surface area contributed by atoms with Crippen LogP contribution in [-0.2, 0) is 0 Å². The molecule has 94 valence electrons. The van der Waals surface area contributed by atoms with Crippen molar-refractivity contribution in [1.82, 2.24) is 10.2 Å². The number of aromatic nitrogens is 2. The van der Waals surface area contributed by atoms with E-state index >= 15 is 0 Å². The average molecular weight is 254 g/mol. The summed E-state index contributed by atoms with van der Waals surface area (Å²) in [6.07, 6.45) is 0. The van der Waals surface area contributed by atoms with Gasteiger partial charge in [-0.3, -0.25) is 10.1 Å². The molecule has 0 fully saturated rings. The Hall–Kier alpha value is -2.51. The van der Waals surface area contributed by atoms with E-state index in [1.54, 1.807) is 0 Å². The molecule has 0 aliphatic rings. The molecule has 1 amide bonds. The molecular weight excluding hydrogens is 246 g/mol. The summed E-state index contributed by atoms with van der Waals surface area (Å²) in [5, 5.41) is 8.99. The number of benzene rings is 1. The molecule has 0 saturated carbocycles. The molecule has 0 atom stereocenters. The van der Waals surface area contributed by atoms with Crippen molar-refractivity contribution in [1.29, 1.82) is 0 Å². The normalized spacial score (nSPS) is 10.4. The highest BCUT2D eigenvalue weighted by Crippen LogP contribution is 2.19. The fourth-order valence-corrected chi connectivity index (χ4v) is 1.28. The smallest absolute Gasteiger partial charge is 0.322 e. The van der Waals surface area contributed by atoms with Crippen LogP contribution >= 0.6 is 0 Å². The lowest BCUT2D eigenvalue weighted by Crippen LogP contribution is -2.17. The van der Waals surface area contributed by atoms with Gasteiger partial charge in [-0.15, -0.1) is 5.10 Å². The van der Waals surface area contributed by atoms with Crippen molar-refractivity contribution in [2.45, 2.75) is 6.92 Å². The Morgan fingerprint density at radius 2 is 2.11 bits per heavy atom. The first-order chi connectivity index (χ1) is 8.49. The number of rotatable bonds is 2. The molecule has 1 aromatic heterocycles. The van der Waals surface area contributed by atoms with Gasteiger partial charge in [0.2, 0.25) is 5.89 Å². The Labute approximate surface area is 99.8 Å². The van der Waals surface area contributed by atoms with Crippen molar-refractivity contribution in [2.24, 2.45) is 0 Å². The second-order valence-electron chi connectivity index (χ2n) is 3.41. The minimum atomic E-state index is -1.14. The van der Waals surface area contributed by atoms with E-state index in [1.807, 2.05) is 0 Å². The number of aryl methyl sites for hydroxylation is 1. The van der Waals surface area contributed by atoms with Gasteiger partial charge in [-0.25, -0.2) is 8.78 Å². The first-order valence-corrected chi connectivity index (χ1v) is 4.84. The minimum Gasteiger partial charge on any atom is -0.408 e. The van der Waals surface area contributed by atoms with Crippen LogP contribution in [-0.4, -0.2) is 16.1 Å². The number of hydrogen-bond acceptors (Lipinski definition) is 5. The number of nitrogens with one attached hydrogen (secondary N) is 1. The van der Waals surface area contributed by atoms with E-state index in [2.05, 4.69) is 15.5 Å². The van der Waals surface area contributed by atoms with Gasteiger partial charge in [-0.1, -0.05) is 5.10 Å². The van der Waals surface area contributed by atoms with Crippen LogP contribution in [0.1, 0.15) is 16.2 Å². The number of hydrogen-bond donors (Lipinski definition) is 2. The second kappa shape index (κ2) is 4.40. The van der Waals surface area contributed by atoms with Crippen molar-refractivity contribution in [2.75, 3.05) is 11.1 Å². The molecule has 2 aromatic rings. The van der Waals surface area contributed by atoms with Gasteiger partial charge in [0.1, 0.15) is 11.4 Å². The molecule has 0 unspecified atom stereocenters. The van der Waals surface area contributed by atoms with Crippen LogP contribution in [0.4, 0.5) is 20.5 Å². The van der Waals surface area contributed by atoms with Crippen molar-refractivity contribution < 1.29 is 18.0 Å². The lowest BCUT2D eigenvalue weighted by Gasteiger charge is -2.05. The van der Waals surface area contributed by atoms with Gasteiger partial charge in [0, 0.05) is 6.92 Å². The summed E-state index contributed by atoms with van der Waals surface area (Å²) < 4.78 is 31.7. The summed E-state index contributed by atoms with van der Waals surface area (Å²) in [6.45, 7) is 1.50. The molecule has 0 radical (unpaired) electrons. The van der Waals surface area contributed by atoms with Gasteiger partial charge < -0.3 is 10.2 Å². The van der Waals surface area contributed by atoms with Gasteiger partial charge in [0.15, 0.2) is 5.82 Å².